The standard InChI is InChI=1S/C14H20O/c1-11(10-15)9-12-7-5-6-8-13(12)14(2,3)4/h5-8,10-11H,9H2,1-4H3. The first-order chi connectivity index (χ1) is 6.95. The van der Waals surface area contributed by atoms with Crippen molar-refractivity contribution in [2.75, 3.05) is 0 Å². The highest BCUT2D eigenvalue weighted by Gasteiger charge is 2.17. The molecule has 1 unspecified atom stereocenters. The zero-order valence-electron chi connectivity index (χ0n) is 10.1. The van der Waals surface area contributed by atoms with Crippen LogP contribution in [0.4, 0.5) is 0 Å². The van der Waals surface area contributed by atoms with Crippen molar-refractivity contribution in [1.29, 1.82) is 0 Å². The number of hydrogen-bond donors (Lipinski definition) is 0. The topological polar surface area (TPSA) is 17.1 Å². The molecule has 1 heteroatoms. The van der Waals surface area contributed by atoms with Crippen LogP contribution < -0.4 is 0 Å². The van der Waals surface area contributed by atoms with Crippen LogP contribution in [0.15, 0.2) is 24.3 Å². The van der Waals surface area contributed by atoms with Crippen LogP contribution in [0.25, 0.3) is 0 Å². The van der Waals surface area contributed by atoms with Crippen LogP contribution in [-0.2, 0) is 16.6 Å². The van der Waals surface area contributed by atoms with Crippen LogP contribution in [0.3, 0.4) is 0 Å². The van der Waals surface area contributed by atoms with Crippen molar-refractivity contribution in [2.45, 2.75) is 39.5 Å². The monoisotopic (exact) mass is 204 g/mol. The summed E-state index contributed by atoms with van der Waals surface area (Å²) in [5.74, 6) is 0.105. The van der Waals surface area contributed by atoms with Crippen LogP contribution in [0.5, 0.6) is 0 Å². The Morgan fingerprint density at radius 2 is 1.87 bits per heavy atom. The molecule has 1 rings (SSSR count). The maximum Gasteiger partial charge on any atom is 0.123 e. The molecule has 1 aromatic rings. The molecule has 0 radical (unpaired) electrons. The van der Waals surface area contributed by atoms with Crippen LogP contribution in [0.2, 0.25) is 0 Å². The molecule has 0 amide bonds. The summed E-state index contributed by atoms with van der Waals surface area (Å²) in [4.78, 5) is 10.7. The summed E-state index contributed by atoms with van der Waals surface area (Å²) in [6.45, 7) is 8.58. The fourth-order valence-corrected chi connectivity index (χ4v) is 1.82. The van der Waals surface area contributed by atoms with E-state index >= 15 is 0 Å². The van der Waals surface area contributed by atoms with Gasteiger partial charge in [0, 0.05) is 5.92 Å². The SMILES string of the molecule is CC(C=O)Cc1ccccc1C(C)(C)C. The Balaban J connectivity index is 3.02. The van der Waals surface area contributed by atoms with E-state index in [0.717, 1.165) is 12.7 Å². The summed E-state index contributed by atoms with van der Waals surface area (Å²) in [5.41, 5.74) is 2.79. The number of rotatable bonds is 3. The first kappa shape index (κ1) is 12.0. The van der Waals surface area contributed by atoms with E-state index in [-0.39, 0.29) is 11.3 Å². The summed E-state index contributed by atoms with van der Waals surface area (Å²) >= 11 is 0. The summed E-state index contributed by atoms with van der Waals surface area (Å²) < 4.78 is 0. The predicted octanol–water partition coefficient (Wildman–Crippen LogP) is 3.36. The minimum Gasteiger partial charge on any atom is -0.303 e. The van der Waals surface area contributed by atoms with Gasteiger partial charge in [-0.05, 0) is 23.0 Å². The Hall–Kier alpha value is -1.11. The summed E-state index contributed by atoms with van der Waals surface area (Å²) in [7, 11) is 0. The van der Waals surface area contributed by atoms with Gasteiger partial charge >= 0.3 is 0 Å². The van der Waals surface area contributed by atoms with Crippen LogP contribution in [0, 0.1) is 5.92 Å². The van der Waals surface area contributed by atoms with Gasteiger partial charge in [-0.2, -0.15) is 0 Å². The lowest BCUT2D eigenvalue weighted by atomic mass is 9.82. The van der Waals surface area contributed by atoms with Gasteiger partial charge < -0.3 is 4.79 Å². The van der Waals surface area contributed by atoms with E-state index in [1.165, 1.54) is 11.1 Å². The second-order valence-electron chi connectivity index (χ2n) is 5.22. The van der Waals surface area contributed by atoms with Gasteiger partial charge in [0.2, 0.25) is 0 Å². The Labute approximate surface area is 92.5 Å². The molecule has 1 aromatic carbocycles. The molecule has 0 N–H and O–H groups in total. The summed E-state index contributed by atoms with van der Waals surface area (Å²) in [6, 6.07) is 8.39. The number of carbonyl (C=O) groups is 1. The number of aldehydes is 1. The first-order valence-electron chi connectivity index (χ1n) is 5.49. The Morgan fingerprint density at radius 3 is 2.40 bits per heavy atom. The fourth-order valence-electron chi connectivity index (χ4n) is 1.82. The van der Waals surface area contributed by atoms with Crippen molar-refractivity contribution in [1.82, 2.24) is 0 Å². The lowest BCUT2D eigenvalue weighted by Crippen LogP contribution is -2.15. The summed E-state index contributed by atoms with van der Waals surface area (Å²) in [6.07, 6.45) is 1.87. The van der Waals surface area contributed by atoms with E-state index in [2.05, 4.69) is 39.0 Å². The molecule has 0 bridgehead atoms. The molecular weight excluding hydrogens is 184 g/mol. The number of carbonyl (C=O) groups excluding carboxylic acids is 1. The van der Waals surface area contributed by atoms with E-state index in [9.17, 15) is 4.79 Å². The molecule has 15 heavy (non-hydrogen) atoms. The summed E-state index contributed by atoms with van der Waals surface area (Å²) in [5, 5.41) is 0. The van der Waals surface area contributed by atoms with Gasteiger partial charge in [0.15, 0.2) is 0 Å². The smallest absolute Gasteiger partial charge is 0.123 e. The predicted molar refractivity (Wildman–Crippen MR) is 64.1 cm³/mol. The van der Waals surface area contributed by atoms with Crippen LogP contribution in [0.1, 0.15) is 38.8 Å². The quantitative estimate of drug-likeness (QED) is 0.690. The van der Waals surface area contributed by atoms with E-state index < -0.39 is 0 Å². The average Bonchev–Trinajstić information content (AvgIpc) is 2.17. The van der Waals surface area contributed by atoms with E-state index in [1.807, 2.05) is 13.0 Å². The number of benzene rings is 1. The zero-order valence-corrected chi connectivity index (χ0v) is 10.1. The highest BCUT2D eigenvalue weighted by Crippen LogP contribution is 2.26. The largest absolute Gasteiger partial charge is 0.303 e. The second kappa shape index (κ2) is 4.61. The Bertz CT molecular complexity index is 333. The van der Waals surface area contributed by atoms with Gasteiger partial charge in [0.05, 0.1) is 0 Å². The van der Waals surface area contributed by atoms with Crippen molar-refractivity contribution < 1.29 is 4.79 Å². The van der Waals surface area contributed by atoms with Gasteiger partial charge in [0.25, 0.3) is 0 Å². The molecule has 0 fully saturated rings. The first-order valence-corrected chi connectivity index (χ1v) is 5.49. The molecule has 0 heterocycles. The lowest BCUT2D eigenvalue weighted by molar-refractivity contribution is -0.110. The van der Waals surface area contributed by atoms with Crippen molar-refractivity contribution in [3.05, 3.63) is 35.4 Å². The van der Waals surface area contributed by atoms with Gasteiger partial charge in [-0.3, -0.25) is 0 Å². The molecule has 0 aliphatic carbocycles. The molecule has 82 valence electrons. The van der Waals surface area contributed by atoms with Gasteiger partial charge in [-0.15, -0.1) is 0 Å². The highest BCUT2D eigenvalue weighted by molar-refractivity contribution is 5.54. The molecular formula is C14H20O. The molecule has 0 saturated carbocycles. The van der Waals surface area contributed by atoms with Crippen LogP contribution in [-0.4, -0.2) is 6.29 Å². The second-order valence-corrected chi connectivity index (χ2v) is 5.22. The Morgan fingerprint density at radius 1 is 1.27 bits per heavy atom. The van der Waals surface area contributed by atoms with E-state index in [4.69, 9.17) is 0 Å². The van der Waals surface area contributed by atoms with Crippen LogP contribution >= 0.6 is 0 Å². The molecule has 0 aliphatic heterocycles. The molecule has 0 aromatic heterocycles. The molecule has 0 aliphatic rings. The fraction of sp³-hybridized carbons (Fsp3) is 0.500. The zero-order chi connectivity index (χ0) is 11.5. The normalized spacial score (nSPS) is 13.6. The highest BCUT2D eigenvalue weighted by atomic mass is 16.1. The van der Waals surface area contributed by atoms with E-state index in [0.29, 0.717) is 0 Å². The molecule has 1 atom stereocenters. The van der Waals surface area contributed by atoms with Gasteiger partial charge in [-0.1, -0.05) is 52.0 Å². The van der Waals surface area contributed by atoms with Crippen molar-refractivity contribution >= 4 is 6.29 Å². The maximum atomic E-state index is 10.7. The molecule has 0 saturated heterocycles. The van der Waals surface area contributed by atoms with Gasteiger partial charge in [-0.25, -0.2) is 0 Å². The molecule has 1 nitrogen and oxygen atoms in total. The van der Waals surface area contributed by atoms with Crippen molar-refractivity contribution in [2.24, 2.45) is 5.92 Å². The van der Waals surface area contributed by atoms with Gasteiger partial charge in [0.1, 0.15) is 6.29 Å². The third-order valence-electron chi connectivity index (χ3n) is 2.60. The average molecular weight is 204 g/mol. The number of hydrogen-bond acceptors (Lipinski definition) is 1. The third-order valence-corrected chi connectivity index (χ3v) is 2.60. The maximum absolute atomic E-state index is 10.7. The van der Waals surface area contributed by atoms with E-state index in [1.54, 1.807) is 0 Å². The molecule has 0 spiro atoms. The lowest BCUT2D eigenvalue weighted by Gasteiger charge is -2.23. The minimum atomic E-state index is 0.105. The third kappa shape index (κ3) is 3.19. The van der Waals surface area contributed by atoms with Crippen molar-refractivity contribution in [3.8, 4) is 0 Å². The Kier molecular flexibility index (Phi) is 3.67. The minimum absolute atomic E-state index is 0.105. The van der Waals surface area contributed by atoms with Crippen molar-refractivity contribution in [3.63, 3.8) is 0 Å².